The molecule has 0 bridgehead atoms. The summed E-state index contributed by atoms with van der Waals surface area (Å²) >= 11 is 0. The Bertz CT molecular complexity index is 721. The third-order valence-corrected chi connectivity index (χ3v) is 4.85. The van der Waals surface area contributed by atoms with E-state index < -0.39 is 0 Å². The fourth-order valence-corrected chi connectivity index (χ4v) is 3.71. The fourth-order valence-electron chi connectivity index (χ4n) is 3.71. The molecule has 122 valence electrons. The summed E-state index contributed by atoms with van der Waals surface area (Å²) in [6, 6.07) is 10.2. The second-order valence-electron chi connectivity index (χ2n) is 6.20. The van der Waals surface area contributed by atoms with Crippen LogP contribution in [0.4, 0.5) is 5.69 Å². The molecule has 6 heteroatoms. The first-order valence-electron chi connectivity index (χ1n) is 7.83. The first kappa shape index (κ1) is 16.0. The number of aromatic nitrogens is 2. The number of hydrogen-bond acceptors (Lipinski definition) is 3. The van der Waals surface area contributed by atoms with Gasteiger partial charge in [-0.2, -0.15) is 5.10 Å². The van der Waals surface area contributed by atoms with Crippen molar-refractivity contribution >= 4 is 24.0 Å². The van der Waals surface area contributed by atoms with Crippen molar-refractivity contribution in [1.29, 1.82) is 0 Å². The first-order valence-corrected chi connectivity index (χ1v) is 7.83. The summed E-state index contributed by atoms with van der Waals surface area (Å²) in [6.45, 7) is 5.02. The molecule has 1 saturated heterocycles. The number of carbonyl (C=O) groups is 1. The largest absolute Gasteiger partial charge is 0.315 e. The Morgan fingerprint density at radius 1 is 1.26 bits per heavy atom. The number of carbonyl (C=O) groups excluding carboxylic acids is 1. The summed E-state index contributed by atoms with van der Waals surface area (Å²) in [5.41, 5.74) is 2.91. The van der Waals surface area contributed by atoms with Crippen LogP contribution >= 0.6 is 12.4 Å². The third-order valence-electron chi connectivity index (χ3n) is 4.85. The summed E-state index contributed by atoms with van der Waals surface area (Å²) in [5, 5.41) is 7.77. The number of halogens is 1. The molecule has 1 aromatic carbocycles. The van der Waals surface area contributed by atoms with Crippen LogP contribution in [0.5, 0.6) is 0 Å². The molecule has 0 aliphatic carbocycles. The summed E-state index contributed by atoms with van der Waals surface area (Å²) in [6.07, 6.45) is 2.86. The SMILES string of the molecule is Cc1ccn(CCN2C(=O)C3(CCNC3)c3ccccc32)n1.Cl. The molecule has 1 aromatic heterocycles. The van der Waals surface area contributed by atoms with E-state index >= 15 is 0 Å². The predicted molar refractivity (Wildman–Crippen MR) is 92.2 cm³/mol. The molecule has 3 heterocycles. The van der Waals surface area contributed by atoms with Gasteiger partial charge in [0.05, 0.1) is 17.7 Å². The van der Waals surface area contributed by atoms with Crippen molar-refractivity contribution in [3.05, 3.63) is 47.8 Å². The minimum Gasteiger partial charge on any atom is -0.315 e. The normalized spacial score (nSPS) is 22.5. The van der Waals surface area contributed by atoms with Crippen molar-refractivity contribution < 1.29 is 4.79 Å². The number of nitrogens with zero attached hydrogens (tertiary/aromatic N) is 3. The van der Waals surface area contributed by atoms with Crippen LogP contribution in [0.15, 0.2) is 36.5 Å². The summed E-state index contributed by atoms with van der Waals surface area (Å²) in [7, 11) is 0. The van der Waals surface area contributed by atoms with E-state index in [1.807, 2.05) is 40.9 Å². The van der Waals surface area contributed by atoms with Gasteiger partial charge < -0.3 is 10.2 Å². The number of para-hydroxylation sites is 1. The lowest BCUT2D eigenvalue weighted by molar-refractivity contribution is -0.122. The molecule has 1 unspecified atom stereocenters. The van der Waals surface area contributed by atoms with Crippen LogP contribution in [0.3, 0.4) is 0 Å². The van der Waals surface area contributed by atoms with E-state index in [0.29, 0.717) is 6.54 Å². The number of amides is 1. The van der Waals surface area contributed by atoms with Crippen molar-refractivity contribution in [3.63, 3.8) is 0 Å². The minimum absolute atomic E-state index is 0. The number of anilines is 1. The first-order chi connectivity index (χ1) is 10.7. The van der Waals surface area contributed by atoms with Crippen LogP contribution in [0.25, 0.3) is 0 Å². The molecule has 2 aliphatic heterocycles. The lowest BCUT2D eigenvalue weighted by atomic mass is 9.81. The van der Waals surface area contributed by atoms with Crippen LogP contribution in [0, 0.1) is 6.92 Å². The monoisotopic (exact) mass is 332 g/mol. The number of nitrogens with one attached hydrogen (secondary N) is 1. The van der Waals surface area contributed by atoms with Crippen LogP contribution in [-0.4, -0.2) is 35.3 Å². The van der Waals surface area contributed by atoms with Gasteiger partial charge in [-0.3, -0.25) is 9.48 Å². The molecular formula is C17H21ClN4O. The zero-order valence-corrected chi connectivity index (χ0v) is 14.0. The standard InChI is InChI=1S/C17H20N4O.ClH/c1-13-6-9-20(19-13)10-11-21-15-5-3-2-4-14(15)17(16(21)22)7-8-18-12-17;/h2-6,9,18H,7-8,10-12H2,1H3;1H. The van der Waals surface area contributed by atoms with Crippen molar-refractivity contribution in [2.24, 2.45) is 0 Å². The molecule has 0 radical (unpaired) electrons. The van der Waals surface area contributed by atoms with Crippen molar-refractivity contribution in [2.75, 3.05) is 24.5 Å². The highest BCUT2D eigenvalue weighted by atomic mass is 35.5. The van der Waals surface area contributed by atoms with Crippen molar-refractivity contribution in [1.82, 2.24) is 15.1 Å². The Balaban J connectivity index is 0.00000156. The summed E-state index contributed by atoms with van der Waals surface area (Å²) < 4.78 is 1.91. The van der Waals surface area contributed by atoms with Gasteiger partial charge in [-0.15, -0.1) is 12.4 Å². The van der Waals surface area contributed by atoms with E-state index in [1.54, 1.807) is 0 Å². The van der Waals surface area contributed by atoms with Crippen molar-refractivity contribution in [2.45, 2.75) is 25.3 Å². The van der Waals surface area contributed by atoms with E-state index in [0.717, 1.165) is 37.4 Å². The van der Waals surface area contributed by atoms with Gasteiger partial charge in [0.2, 0.25) is 5.91 Å². The molecule has 2 aliphatic rings. The molecule has 0 saturated carbocycles. The quantitative estimate of drug-likeness (QED) is 0.934. The maximum absolute atomic E-state index is 13.1. The average Bonchev–Trinajstić information content (AvgIpc) is 3.22. The highest BCUT2D eigenvalue weighted by molar-refractivity contribution is 6.08. The molecule has 5 nitrogen and oxygen atoms in total. The predicted octanol–water partition coefficient (Wildman–Crippen LogP) is 1.89. The number of hydrogen-bond donors (Lipinski definition) is 1. The highest BCUT2D eigenvalue weighted by Crippen LogP contribution is 2.45. The van der Waals surface area contributed by atoms with Crippen LogP contribution in [0.1, 0.15) is 17.7 Å². The van der Waals surface area contributed by atoms with Gasteiger partial charge in [-0.25, -0.2) is 0 Å². The van der Waals surface area contributed by atoms with Gasteiger partial charge in [0.1, 0.15) is 0 Å². The lowest BCUT2D eigenvalue weighted by Crippen LogP contribution is -2.43. The minimum atomic E-state index is -0.351. The maximum Gasteiger partial charge on any atom is 0.239 e. The molecular weight excluding hydrogens is 312 g/mol. The Kier molecular flexibility index (Phi) is 4.17. The van der Waals surface area contributed by atoms with Gasteiger partial charge >= 0.3 is 0 Å². The van der Waals surface area contributed by atoms with E-state index in [-0.39, 0.29) is 23.7 Å². The van der Waals surface area contributed by atoms with Crippen molar-refractivity contribution in [3.8, 4) is 0 Å². The van der Waals surface area contributed by atoms with Crippen LogP contribution in [0.2, 0.25) is 0 Å². The summed E-state index contributed by atoms with van der Waals surface area (Å²) in [5.74, 6) is 0.238. The van der Waals surface area contributed by atoms with E-state index in [4.69, 9.17) is 0 Å². The molecule has 1 spiro atoms. The van der Waals surface area contributed by atoms with Gasteiger partial charge in [0, 0.05) is 25.0 Å². The van der Waals surface area contributed by atoms with Gasteiger partial charge in [0.25, 0.3) is 0 Å². The van der Waals surface area contributed by atoms with E-state index in [1.165, 1.54) is 5.56 Å². The topological polar surface area (TPSA) is 50.2 Å². The van der Waals surface area contributed by atoms with Gasteiger partial charge in [-0.05, 0) is 37.6 Å². The molecule has 1 atom stereocenters. The van der Waals surface area contributed by atoms with Gasteiger partial charge in [-0.1, -0.05) is 18.2 Å². The number of benzene rings is 1. The van der Waals surface area contributed by atoms with E-state index in [2.05, 4.69) is 22.5 Å². The molecule has 4 rings (SSSR count). The second-order valence-corrected chi connectivity index (χ2v) is 6.20. The molecule has 1 N–H and O–H groups in total. The average molecular weight is 333 g/mol. The molecule has 23 heavy (non-hydrogen) atoms. The summed E-state index contributed by atoms with van der Waals surface area (Å²) in [4.78, 5) is 15.0. The zero-order valence-electron chi connectivity index (χ0n) is 13.2. The Morgan fingerprint density at radius 3 is 2.78 bits per heavy atom. The third kappa shape index (κ3) is 2.44. The second kappa shape index (κ2) is 5.98. The smallest absolute Gasteiger partial charge is 0.239 e. The highest BCUT2D eigenvalue weighted by Gasteiger charge is 2.51. The maximum atomic E-state index is 13.1. The fraction of sp³-hybridized carbons (Fsp3) is 0.412. The number of fused-ring (bicyclic) bond motifs is 2. The zero-order chi connectivity index (χ0) is 15.2. The number of rotatable bonds is 3. The Labute approximate surface area is 142 Å². The Hall–Kier alpha value is -1.85. The molecule has 1 fully saturated rings. The lowest BCUT2D eigenvalue weighted by Gasteiger charge is -2.22. The van der Waals surface area contributed by atoms with Gasteiger partial charge in [0.15, 0.2) is 0 Å². The molecule has 1 amide bonds. The Morgan fingerprint density at radius 2 is 2.09 bits per heavy atom. The van der Waals surface area contributed by atoms with Crippen LogP contribution < -0.4 is 10.2 Å². The van der Waals surface area contributed by atoms with Crippen LogP contribution in [-0.2, 0) is 16.8 Å². The van der Waals surface area contributed by atoms with E-state index in [9.17, 15) is 4.79 Å². The molecule has 2 aromatic rings. The number of aryl methyl sites for hydroxylation is 1.